The number of thiazole rings is 3. The summed E-state index contributed by atoms with van der Waals surface area (Å²) in [5.74, 6) is 1.60. The van der Waals surface area contributed by atoms with E-state index in [-0.39, 0.29) is 5.91 Å². The number of anilines is 4. The van der Waals surface area contributed by atoms with Crippen molar-refractivity contribution < 1.29 is 19.0 Å². The molecule has 0 spiro atoms. The highest BCUT2D eigenvalue weighted by Crippen LogP contribution is 2.43. The van der Waals surface area contributed by atoms with E-state index in [2.05, 4.69) is 25.6 Å². The summed E-state index contributed by atoms with van der Waals surface area (Å²) in [4.78, 5) is 31.6. The molecule has 0 atom stereocenters. The van der Waals surface area contributed by atoms with Gasteiger partial charge in [0.2, 0.25) is 5.75 Å². The number of pyridine rings is 1. The van der Waals surface area contributed by atoms with E-state index >= 15 is 0 Å². The van der Waals surface area contributed by atoms with Crippen LogP contribution in [0.25, 0.3) is 31.7 Å². The number of ether oxygens (including phenoxy) is 3. The minimum atomic E-state index is -0.294. The number of nitrogens with zero attached hydrogens (tertiary/aromatic N) is 4. The van der Waals surface area contributed by atoms with Crippen LogP contribution in [0.15, 0.2) is 71.7 Å². The maximum atomic E-state index is 12.9. The number of carbonyl (C=O) groups excluding carboxylic acids is 1. The lowest BCUT2D eigenvalue weighted by Crippen LogP contribution is -2.12. The van der Waals surface area contributed by atoms with E-state index in [1.54, 1.807) is 51.2 Å². The molecule has 0 radical (unpaired) electrons. The average molecular weight is 644 g/mol. The number of methoxy groups -OCH3 is 3. The van der Waals surface area contributed by atoms with Crippen LogP contribution in [0.3, 0.4) is 0 Å². The topological polar surface area (TPSA) is 146 Å². The Kier molecular flexibility index (Phi) is 8.36. The molecule has 4 heterocycles. The van der Waals surface area contributed by atoms with Gasteiger partial charge >= 0.3 is 0 Å². The zero-order chi connectivity index (χ0) is 30.6. The Balaban J connectivity index is 1.18. The molecule has 14 heteroatoms. The fourth-order valence-electron chi connectivity index (χ4n) is 4.28. The first-order valence-electron chi connectivity index (χ1n) is 13.0. The number of carbonyl (C=O) groups is 1. The van der Waals surface area contributed by atoms with Crippen molar-refractivity contribution in [3.63, 3.8) is 0 Å². The van der Waals surface area contributed by atoms with Gasteiger partial charge in [-0.3, -0.25) is 9.78 Å². The second-order valence-corrected chi connectivity index (χ2v) is 11.8. The SMILES string of the molecule is COc1cc(Nc2nc(N)c(-c3nc(-c4cccc(NC(=O)c5csc(-c6cccnc6)n5)c4)cs3)s2)cc(OC)c1OC. The molecule has 4 N–H and O–H groups in total. The molecule has 0 aliphatic heterocycles. The smallest absolute Gasteiger partial charge is 0.275 e. The summed E-state index contributed by atoms with van der Waals surface area (Å²) < 4.78 is 16.3. The van der Waals surface area contributed by atoms with Gasteiger partial charge in [0, 0.05) is 57.8 Å². The second-order valence-electron chi connectivity index (χ2n) is 9.12. The molecule has 0 aliphatic carbocycles. The lowest BCUT2D eigenvalue weighted by atomic mass is 10.1. The first-order valence-corrected chi connectivity index (χ1v) is 15.6. The molecule has 222 valence electrons. The number of rotatable bonds is 10. The molecule has 0 saturated carbocycles. The standard InChI is InChI=1S/C30H25N7O4S3/c1-39-22-11-19(12-23(40-2)24(22)41-3)34-30-37-26(31)25(44-30)29-35-20(14-43-29)16-6-4-8-18(10-16)33-27(38)21-15-42-28(36-21)17-7-5-9-32-13-17/h4-15H,31H2,1-3H3,(H,33,38)(H,34,37). The zero-order valence-corrected chi connectivity index (χ0v) is 26.1. The van der Waals surface area contributed by atoms with Crippen molar-refractivity contribution in [2.24, 2.45) is 0 Å². The van der Waals surface area contributed by atoms with Crippen molar-refractivity contribution >= 4 is 62.2 Å². The molecule has 0 bridgehead atoms. The van der Waals surface area contributed by atoms with Crippen LogP contribution in [0, 0.1) is 0 Å². The molecule has 0 fully saturated rings. The summed E-state index contributed by atoms with van der Waals surface area (Å²) in [5.41, 5.74) is 10.4. The molecule has 11 nitrogen and oxygen atoms in total. The third-order valence-corrected chi connectivity index (χ3v) is 9.20. The number of amides is 1. The fraction of sp³-hybridized carbons (Fsp3) is 0.100. The maximum absolute atomic E-state index is 12.9. The summed E-state index contributed by atoms with van der Waals surface area (Å²) in [6.45, 7) is 0. The van der Waals surface area contributed by atoms with Crippen LogP contribution >= 0.6 is 34.0 Å². The summed E-state index contributed by atoms with van der Waals surface area (Å²) in [7, 11) is 4.67. The van der Waals surface area contributed by atoms with Gasteiger partial charge in [0.1, 0.15) is 26.4 Å². The van der Waals surface area contributed by atoms with E-state index in [1.807, 2.05) is 41.8 Å². The molecule has 0 unspecified atom stereocenters. The number of nitrogens with two attached hydrogens (primary N) is 1. The van der Waals surface area contributed by atoms with Crippen LogP contribution in [0.4, 0.5) is 22.3 Å². The van der Waals surface area contributed by atoms with E-state index in [4.69, 9.17) is 24.9 Å². The van der Waals surface area contributed by atoms with Gasteiger partial charge in [0.15, 0.2) is 16.6 Å². The van der Waals surface area contributed by atoms with Crippen LogP contribution in [0.1, 0.15) is 10.5 Å². The lowest BCUT2D eigenvalue weighted by molar-refractivity contribution is 0.102. The molecule has 44 heavy (non-hydrogen) atoms. The van der Waals surface area contributed by atoms with Crippen molar-refractivity contribution in [3.8, 4) is 49.0 Å². The van der Waals surface area contributed by atoms with Crippen molar-refractivity contribution in [2.45, 2.75) is 0 Å². The van der Waals surface area contributed by atoms with Crippen LogP contribution < -0.4 is 30.6 Å². The molecule has 4 aromatic heterocycles. The van der Waals surface area contributed by atoms with Crippen molar-refractivity contribution in [3.05, 3.63) is 77.4 Å². The first-order chi connectivity index (χ1) is 21.4. The first kappa shape index (κ1) is 29.0. The highest BCUT2D eigenvalue weighted by molar-refractivity contribution is 7.23. The Hall–Kier alpha value is -5.05. The van der Waals surface area contributed by atoms with Gasteiger partial charge < -0.3 is 30.6 Å². The second kappa shape index (κ2) is 12.7. The number of aromatic nitrogens is 4. The Morgan fingerprint density at radius 2 is 1.61 bits per heavy atom. The maximum Gasteiger partial charge on any atom is 0.275 e. The monoisotopic (exact) mass is 643 g/mol. The summed E-state index contributed by atoms with van der Waals surface area (Å²) in [5, 5.41) is 11.9. The number of hydrogen-bond acceptors (Lipinski definition) is 13. The van der Waals surface area contributed by atoms with Gasteiger partial charge in [-0.15, -0.1) is 22.7 Å². The Labute approximate surface area is 264 Å². The Bertz CT molecular complexity index is 1910. The zero-order valence-electron chi connectivity index (χ0n) is 23.7. The van der Waals surface area contributed by atoms with Gasteiger partial charge in [0.25, 0.3) is 5.91 Å². The van der Waals surface area contributed by atoms with E-state index in [0.29, 0.717) is 45.3 Å². The predicted molar refractivity (Wildman–Crippen MR) is 176 cm³/mol. The largest absolute Gasteiger partial charge is 0.493 e. The van der Waals surface area contributed by atoms with E-state index < -0.39 is 0 Å². The van der Waals surface area contributed by atoms with Crippen LogP contribution in [-0.2, 0) is 0 Å². The fourth-order valence-corrected chi connectivity index (χ4v) is 6.90. The number of nitrogens with one attached hydrogen (secondary N) is 2. The van der Waals surface area contributed by atoms with Crippen LogP contribution in [0.5, 0.6) is 17.2 Å². The highest BCUT2D eigenvalue weighted by atomic mass is 32.1. The van der Waals surface area contributed by atoms with Gasteiger partial charge in [-0.2, -0.15) is 0 Å². The predicted octanol–water partition coefficient (Wildman–Crippen LogP) is 7.06. The number of benzene rings is 2. The normalized spacial score (nSPS) is 10.8. The van der Waals surface area contributed by atoms with Gasteiger partial charge in [0.05, 0.1) is 27.0 Å². The lowest BCUT2D eigenvalue weighted by Gasteiger charge is -2.14. The molecular weight excluding hydrogens is 619 g/mol. The summed E-state index contributed by atoms with van der Waals surface area (Å²) >= 11 is 4.24. The van der Waals surface area contributed by atoms with E-state index in [1.165, 1.54) is 34.0 Å². The van der Waals surface area contributed by atoms with Crippen molar-refractivity contribution in [1.29, 1.82) is 0 Å². The molecule has 6 rings (SSSR count). The highest BCUT2D eigenvalue weighted by Gasteiger charge is 2.18. The molecule has 0 aliphatic rings. The Morgan fingerprint density at radius 1 is 0.841 bits per heavy atom. The molecule has 1 amide bonds. The molecule has 2 aromatic carbocycles. The average Bonchev–Trinajstić information content (AvgIpc) is 3.81. The molecular formula is C30H25N7O4S3. The van der Waals surface area contributed by atoms with Gasteiger partial charge in [-0.1, -0.05) is 23.5 Å². The number of nitrogen functional groups attached to an aromatic ring is 1. The quantitative estimate of drug-likeness (QED) is 0.142. The van der Waals surface area contributed by atoms with Gasteiger partial charge in [-0.05, 0) is 24.3 Å². The van der Waals surface area contributed by atoms with E-state index in [9.17, 15) is 4.79 Å². The Morgan fingerprint density at radius 3 is 2.34 bits per heavy atom. The van der Waals surface area contributed by atoms with E-state index in [0.717, 1.165) is 31.7 Å². The molecule has 0 saturated heterocycles. The minimum absolute atomic E-state index is 0.294. The summed E-state index contributed by atoms with van der Waals surface area (Å²) in [6.07, 6.45) is 3.42. The van der Waals surface area contributed by atoms with Crippen molar-refractivity contribution in [1.82, 2.24) is 19.9 Å². The van der Waals surface area contributed by atoms with Crippen LogP contribution in [-0.4, -0.2) is 47.2 Å². The van der Waals surface area contributed by atoms with Gasteiger partial charge in [-0.25, -0.2) is 15.0 Å². The third kappa shape index (κ3) is 6.04. The number of hydrogen-bond donors (Lipinski definition) is 3. The van der Waals surface area contributed by atoms with Crippen LogP contribution in [0.2, 0.25) is 0 Å². The van der Waals surface area contributed by atoms with Crippen molar-refractivity contribution in [2.75, 3.05) is 37.7 Å². The molecule has 6 aromatic rings. The minimum Gasteiger partial charge on any atom is -0.493 e. The third-order valence-electron chi connectivity index (χ3n) is 6.33. The summed E-state index contributed by atoms with van der Waals surface area (Å²) in [6, 6.07) is 14.8.